The highest BCUT2D eigenvalue weighted by molar-refractivity contribution is 7.90. The average Bonchev–Trinajstić information content (AvgIpc) is 4.20. The third kappa shape index (κ3) is 14.9. The summed E-state index contributed by atoms with van der Waals surface area (Å²) in [7, 11) is -8.76. The number of likely N-dealkylation sites (tertiary alicyclic amines) is 2. The number of sulfonamides is 2. The molecule has 0 aromatic heterocycles. The van der Waals surface area contributed by atoms with Crippen LogP contribution in [0.2, 0.25) is 0 Å². The number of hydrogen-bond acceptors (Lipinski definition) is 13. The normalized spacial score (nSPS) is 21.5. The van der Waals surface area contributed by atoms with Crippen LogP contribution in [-0.4, -0.2) is 128 Å². The first kappa shape index (κ1) is 63.9. The summed E-state index contributed by atoms with van der Waals surface area (Å²) in [6, 6.07) is 7.75. The molecule has 6 rings (SSSR count). The maximum Gasteiger partial charge on any atom is 0.408 e. The number of benzene rings is 2. The summed E-state index contributed by atoms with van der Waals surface area (Å²) >= 11 is 0. The van der Waals surface area contributed by atoms with Crippen LogP contribution in [0.5, 0.6) is 0 Å². The molecule has 0 bridgehead atoms. The Morgan fingerprint density at radius 1 is 0.556 bits per heavy atom. The van der Waals surface area contributed by atoms with Crippen LogP contribution in [-0.2, 0) is 59.1 Å². The van der Waals surface area contributed by atoms with E-state index in [4.69, 9.17) is 4.74 Å². The zero-order valence-electron chi connectivity index (χ0n) is 49.5. The van der Waals surface area contributed by atoms with Gasteiger partial charge in [-0.1, -0.05) is 99.6 Å². The summed E-state index contributed by atoms with van der Waals surface area (Å²) in [5, 5.41) is 14.0. The number of hydrogen-bond donors (Lipinski definition) is 7. The molecule has 81 heavy (non-hydrogen) atoms. The molecule has 2 aliphatic carbocycles. The lowest BCUT2D eigenvalue weighted by Crippen LogP contribution is -2.62. The predicted molar refractivity (Wildman–Crippen MR) is 301 cm³/mol. The fourth-order valence-electron chi connectivity index (χ4n) is 10.7. The lowest BCUT2D eigenvalue weighted by Gasteiger charge is -2.38. The maximum atomic E-state index is 14.7. The minimum absolute atomic E-state index is 0.0612. The van der Waals surface area contributed by atoms with Gasteiger partial charge < -0.3 is 41.1 Å². The van der Waals surface area contributed by atoms with Crippen molar-refractivity contribution in [1.82, 2.24) is 45.8 Å². The third-order valence-corrected chi connectivity index (χ3v) is 18.5. The molecular weight excluding hydrogens is 1080 g/mol. The van der Waals surface area contributed by atoms with Crippen LogP contribution in [0, 0.1) is 34.5 Å². The van der Waals surface area contributed by atoms with Gasteiger partial charge in [-0.05, 0) is 137 Å². The van der Waals surface area contributed by atoms with E-state index < -0.39 is 125 Å². The van der Waals surface area contributed by atoms with Gasteiger partial charge in [-0.2, -0.15) is 0 Å². The molecule has 4 aliphatic rings. The van der Waals surface area contributed by atoms with Gasteiger partial charge in [0.1, 0.15) is 40.8 Å². The topological polar surface area (TPSA) is 305 Å². The van der Waals surface area contributed by atoms with Crippen molar-refractivity contribution in [1.29, 1.82) is 0 Å². The molecule has 448 valence electrons. The molecule has 2 aliphatic heterocycles. The van der Waals surface area contributed by atoms with Crippen LogP contribution in [0.1, 0.15) is 148 Å². The van der Waals surface area contributed by atoms with E-state index in [1.54, 1.807) is 82.2 Å². The fourth-order valence-corrected chi connectivity index (χ4v) is 12.8. The largest absolute Gasteiger partial charge is 0.444 e. The number of rotatable bonds is 18. The number of amides is 9. The zero-order valence-corrected chi connectivity index (χ0v) is 51.1. The first-order chi connectivity index (χ1) is 37.1. The second-order valence-corrected chi connectivity index (χ2v) is 30.0. The Bertz CT molecular complexity index is 2970. The summed E-state index contributed by atoms with van der Waals surface area (Å²) in [6.07, 6.45) is 0.783. The van der Waals surface area contributed by atoms with Gasteiger partial charge >= 0.3 is 12.1 Å². The van der Waals surface area contributed by atoms with E-state index in [1.165, 1.54) is 58.3 Å². The molecule has 24 heteroatoms. The van der Waals surface area contributed by atoms with Gasteiger partial charge in [-0.3, -0.25) is 28.8 Å². The molecule has 9 amide bonds. The van der Waals surface area contributed by atoms with Crippen molar-refractivity contribution in [2.24, 2.45) is 34.5 Å². The zero-order chi connectivity index (χ0) is 60.8. The maximum absolute atomic E-state index is 14.7. The molecule has 6 atom stereocenters. The second kappa shape index (κ2) is 23.2. The Kier molecular flexibility index (Phi) is 18.3. The fraction of sp³-hybridized carbons (Fsp3) is 0.649. The van der Waals surface area contributed by atoms with Crippen LogP contribution in [0.3, 0.4) is 0 Å². The quantitative estimate of drug-likeness (QED) is 0.104. The molecule has 2 heterocycles. The molecule has 2 aromatic carbocycles. The Balaban J connectivity index is 1.10. The molecule has 2 aromatic rings. The van der Waals surface area contributed by atoms with E-state index in [2.05, 4.69) is 36.0 Å². The van der Waals surface area contributed by atoms with E-state index >= 15 is 0 Å². The minimum Gasteiger partial charge on any atom is -0.444 e. The van der Waals surface area contributed by atoms with E-state index in [0.29, 0.717) is 18.4 Å². The Labute approximate surface area is 477 Å². The third-order valence-electron chi connectivity index (χ3n) is 15.8. The number of alkyl carbamates (subject to hydrolysis) is 1. The van der Waals surface area contributed by atoms with Crippen molar-refractivity contribution in [2.45, 2.75) is 199 Å². The molecule has 22 nitrogen and oxygen atoms in total. The Hall–Kier alpha value is -6.30. The average molecular weight is 1170 g/mol. The first-order valence-corrected chi connectivity index (χ1v) is 30.8. The van der Waals surface area contributed by atoms with Crippen molar-refractivity contribution in [2.75, 3.05) is 13.1 Å². The van der Waals surface area contributed by atoms with Crippen molar-refractivity contribution in [3.8, 4) is 0 Å². The number of nitrogens with one attached hydrogen (secondary N) is 7. The Morgan fingerprint density at radius 2 is 0.938 bits per heavy atom. The smallest absolute Gasteiger partial charge is 0.408 e. The second-order valence-electron chi connectivity index (χ2n) is 26.7. The number of nitrogens with zero attached hydrogens (tertiary/aromatic N) is 2. The van der Waals surface area contributed by atoms with Crippen molar-refractivity contribution in [3.05, 3.63) is 60.2 Å². The van der Waals surface area contributed by atoms with Gasteiger partial charge in [0.2, 0.25) is 23.6 Å². The molecule has 0 radical (unpaired) electrons. The summed E-state index contributed by atoms with van der Waals surface area (Å²) in [6.45, 7) is 27.1. The van der Waals surface area contributed by atoms with Crippen LogP contribution in [0.25, 0.3) is 0 Å². The predicted octanol–water partition coefficient (Wildman–Crippen LogP) is 4.93. The highest BCUT2D eigenvalue weighted by atomic mass is 32.2. The highest BCUT2D eigenvalue weighted by Gasteiger charge is 2.57. The molecular formula is C57H85N9O13S2. The summed E-state index contributed by atoms with van der Waals surface area (Å²) < 4.78 is 63.4. The number of urea groups is 1. The molecule has 0 spiro atoms. The van der Waals surface area contributed by atoms with Gasteiger partial charge in [-0.25, -0.2) is 35.9 Å². The van der Waals surface area contributed by atoms with Crippen LogP contribution in [0.4, 0.5) is 9.59 Å². The lowest BCUT2D eigenvalue weighted by molar-refractivity contribution is -0.144. The van der Waals surface area contributed by atoms with E-state index in [1.807, 2.05) is 27.7 Å². The number of carbonyl (C=O) groups is 8. The number of ether oxygens (including phenoxy) is 1. The van der Waals surface area contributed by atoms with Crippen LogP contribution < -0.4 is 36.0 Å². The molecule has 7 N–H and O–H groups in total. The summed E-state index contributed by atoms with van der Waals surface area (Å²) in [5.74, 6) is -4.90. The summed E-state index contributed by atoms with van der Waals surface area (Å²) in [4.78, 5) is 114. The summed E-state index contributed by atoms with van der Waals surface area (Å²) in [5.41, 5.74) is -6.32. The SMILES string of the molecule is CC(C)C1CCN(C(=O)[C@@H](NC(=O)NC(C)(C)c2ccc(S(=O)(=O)NC(=O)C3(NC(=O)C4[C@H](C(C)C)CCN4C(=O)C(NC(=O)OC(C)(C)C)C(C)(C)C)CC3)cc2)C(C)(C)C)C1C(=O)NC1(C(=O)NS(=O)(=O)c2ccccc2)CC1. The van der Waals surface area contributed by atoms with Crippen molar-refractivity contribution >= 4 is 67.6 Å². The highest BCUT2D eigenvalue weighted by Crippen LogP contribution is 2.41. The monoisotopic (exact) mass is 1170 g/mol. The van der Waals surface area contributed by atoms with Crippen LogP contribution in [0.15, 0.2) is 64.4 Å². The molecule has 4 fully saturated rings. The molecule has 2 saturated heterocycles. The molecule has 2 saturated carbocycles. The van der Waals surface area contributed by atoms with Gasteiger partial charge in [-0.15, -0.1) is 0 Å². The van der Waals surface area contributed by atoms with Gasteiger partial charge in [0.15, 0.2) is 0 Å². The number of carbonyl (C=O) groups excluding carboxylic acids is 8. The minimum atomic E-state index is -4.52. The van der Waals surface area contributed by atoms with Gasteiger partial charge in [0.25, 0.3) is 31.9 Å². The van der Waals surface area contributed by atoms with Crippen molar-refractivity contribution < 1.29 is 59.9 Å². The van der Waals surface area contributed by atoms with E-state index in [0.717, 1.165) is 0 Å². The lowest BCUT2D eigenvalue weighted by atomic mass is 9.84. The van der Waals surface area contributed by atoms with Crippen molar-refractivity contribution in [3.63, 3.8) is 0 Å². The van der Waals surface area contributed by atoms with E-state index in [9.17, 15) is 55.2 Å². The van der Waals surface area contributed by atoms with Gasteiger partial charge in [0, 0.05) is 13.1 Å². The standard InChI is InChI=1S/C57H85N9O13S2/c1-33(2)38-25-31-65(40(38)44(67)60-56(27-28-56)48(71)63-80(75,76)36-19-17-16-18-20-36)46(69)42(52(5,6)7)58-50(73)62-55(14,15)35-21-23-37(24-22-35)81(77,78)64-49(72)57(29-30-57)61-45(68)41-39(34(3)4)26-32-66(41)47(70)43(53(8,9)10)59-51(74)79-54(11,12)13/h16-24,33-34,38-43H,25-32H2,1-15H3,(H,59,74)(H,60,67)(H,61,68)(H,63,71)(H,64,72)(H2,58,62,73)/t38?,39-,40?,41?,42+,43?/m0/s1. The van der Waals surface area contributed by atoms with E-state index in [-0.39, 0.29) is 72.2 Å². The molecule has 4 unspecified atom stereocenters. The first-order valence-electron chi connectivity index (χ1n) is 27.8. The van der Waals surface area contributed by atoms with Gasteiger partial charge in [0.05, 0.1) is 15.3 Å². The Morgan fingerprint density at radius 3 is 1.30 bits per heavy atom. The van der Waals surface area contributed by atoms with Crippen LogP contribution >= 0.6 is 0 Å².